The summed E-state index contributed by atoms with van der Waals surface area (Å²) in [6, 6.07) is 12.1. The van der Waals surface area contributed by atoms with Crippen molar-refractivity contribution in [3.05, 3.63) is 70.5 Å². The molecule has 122 valence electrons. The summed E-state index contributed by atoms with van der Waals surface area (Å²) in [7, 11) is 0. The van der Waals surface area contributed by atoms with E-state index in [0.717, 1.165) is 17.7 Å². The number of benzene rings is 2. The van der Waals surface area contributed by atoms with E-state index in [0.29, 0.717) is 17.0 Å². The van der Waals surface area contributed by atoms with Gasteiger partial charge in [-0.05, 0) is 67.6 Å². The van der Waals surface area contributed by atoms with Crippen LogP contribution in [0.4, 0.5) is 4.39 Å². The molecule has 2 nitrogen and oxygen atoms in total. The first-order valence-electron chi connectivity index (χ1n) is 8.28. The van der Waals surface area contributed by atoms with E-state index in [1.54, 1.807) is 30.3 Å². The minimum absolute atomic E-state index is 0.0500. The Balaban J connectivity index is 1.64. The van der Waals surface area contributed by atoms with E-state index in [-0.39, 0.29) is 11.7 Å². The summed E-state index contributed by atoms with van der Waals surface area (Å²) in [5.41, 5.74) is 2.63. The SMILES string of the molecule is Cc1ccc(C#Cc2ccc(C(=O)NCC3CCC3)cc2)c(F)c1. The normalized spacial score (nSPS) is 13.6. The average molecular weight is 321 g/mol. The van der Waals surface area contributed by atoms with Crippen molar-refractivity contribution in [2.45, 2.75) is 26.2 Å². The van der Waals surface area contributed by atoms with E-state index >= 15 is 0 Å². The molecule has 0 radical (unpaired) electrons. The Hall–Kier alpha value is -2.60. The number of carbonyl (C=O) groups is 1. The number of aryl methyl sites for hydroxylation is 1. The molecular formula is C21H20FNO. The summed E-state index contributed by atoms with van der Waals surface area (Å²) in [6.07, 6.45) is 3.70. The topological polar surface area (TPSA) is 29.1 Å². The lowest BCUT2D eigenvalue weighted by Crippen LogP contribution is -2.32. The first kappa shape index (κ1) is 16.3. The molecular weight excluding hydrogens is 301 g/mol. The Morgan fingerprint density at radius 1 is 1.17 bits per heavy atom. The predicted octanol–water partition coefficient (Wildman–Crippen LogP) is 4.06. The van der Waals surface area contributed by atoms with Gasteiger partial charge in [-0.25, -0.2) is 4.39 Å². The summed E-state index contributed by atoms with van der Waals surface area (Å²) in [6.45, 7) is 2.60. The molecule has 1 N–H and O–H groups in total. The van der Waals surface area contributed by atoms with Gasteiger partial charge < -0.3 is 5.32 Å². The van der Waals surface area contributed by atoms with Crippen LogP contribution in [-0.4, -0.2) is 12.5 Å². The molecule has 24 heavy (non-hydrogen) atoms. The Morgan fingerprint density at radius 2 is 1.92 bits per heavy atom. The van der Waals surface area contributed by atoms with Gasteiger partial charge in [-0.2, -0.15) is 0 Å². The van der Waals surface area contributed by atoms with Crippen LogP contribution in [-0.2, 0) is 0 Å². The fraction of sp³-hybridized carbons (Fsp3) is 0.286. The maximum atomic E-state index is 13.8. The van der Waals surface area contributed by atoms with Gasteiger partial charge in [-0.15, -0.1) is 0 Å². The fourth-order valence-corrected chi connectivity index (χ4v) is 2.60. The van der Waals surface area contributed by atoms with E-state index < -0.39 is 0 Å². The molecule has 0 atom stereocenters. The van der Waals surface area contributed by atoms with Crippen LogP contribution >= 0.6 is 0 Å². The van der Waals surface area contributed by atoms with Crippen LogP contribution < -0.4 is 5.32 Å². The third-order valence-corrected chi connectivity index (χ3v) is 4.39. The Morgan fingerprint density at radius 3 is 2.54 bits per heavy atom. The molecule has 2 aromatic carbocycles. The minimum atomic E-state index is -0.311. The highest BCUT2D eigenvalue weighted by atomic mass is 19.1. The second kappa shape index (κ2) is 7.31. The van der Waals surface area contributed by atoms with Crippen LogP contribution in [0.3, 0.4) is 0 Å². The third kappa shape index (κ3) is 4.02. The Bertz CT molecular complexity index is 795. The van der Waals surface area contributed by atoms with Gasteiger partial charge in [0.1, 0.15) is 5.82 Å². The van der Waals surface area contributed by atoms with Gasteiger partial charge in [0.05, 0.1) is 5.56 Å². The lowest BCUT2D eigenvalue weighted by molar-refractivity contribution is 0.0939. The molecule has 1 aliphatic rings. The third-order valence-electron chi connectivity index (χ3n) is 4.39. The first-order valence-corrected chi connectivity index (χ1v) is 8.28. The smallest absolute Gasteiger partial charge is 0.251 e. The van der Waals surface area contributed by atoms with Gasteiger partial charge in [0.25, 0.3) is 5.91 Å². The van der Waals surface area contributed by atoms with Crippen molar-refractivity contribution in [2.75, 3.05) is 6.54 Å². The number of amides is 1. The van der Waals surface area contributed by atoms with Crippen molar-refractivity contribution in [2.24, 2.45) is 5.92 Å². The van der Waals surface area contributed by atoms with E-state index in [9.17, 15) is 9.18 Å². The average Bonchev–Trinajstić information content (AvgIpc) is 2.53. The largest absolute Gasteiger partial charge is 0.352 e. The predicted molar refractivity (Wildman–Crippen MR) is 93.2 cm³/mol. The molecule has 0 aliphatic heterocycles. The van der Waals surface area contributed by atoms with Gasteiger partial charge in [0, 0.05) is 17.7 Å². The second-order valence-corrected chi connectivity index (χ2v) is 6.32. The molecule has 1 saturated carbocycles. The van der Waals surface area contributed by atoms with Crippen molar-refractivity contribution in [1.82, 2.24) is 5.32 Å². The molecule has 0 aromatic heterocycles. The first-order chi connectivity index (χ1) is 11.6. The molecule has 2 aromatic rings. The Kier molecular flexibility index (Phi) is 4.96. The minimum Gasteiger partial charge on any atom is -0.352 e. The van der Waals surface area contributed by atoms with Crippen molar-refractivity contribution in [1.29, 1.82) is 0 Å². The van der Waals surface area contributed by atoms with Crippen LogP contribution in [0.1, 0.15) is 46.3 Å². The zero-order valence-electron chi connectivity index (χ0n) is 13.7. The number of rotatable bonds is 3. The van der Waals surface area contributed by atoms with Crippen LogP contribution in [0.2, 0.25) is 0 Å². The van der Waals surface area contributed by atoms with Crippen molar-refractivity contribution in [3.63, 3.8) is 0 Å². The van der Waals surface area contributed by atoms with Gasteiger partial charge in [0.2, 0.25) is 0 Å². The molecule has 0 bridgehead atoms. The van der Waals surface area contributed by atoms with Crippen LogP contribution in [0.25, 0.3) is 0 Å². The van der Waals surface area contributed by atoms with Gasteiger partial charge in [0.15, 0.2) is 0 Å². The molecule has 1 aliphatic carbocycles. The van der Waals surface area contributed by atoms with Crippen molar-refractivity contribution >= 4 is 5.91 Å². The summed E-state index contributed by atoms with van der Waals surface area (Å²) in [4.78, 5) is 12.1. The molecule has 3 heteroatoms. The fourth-order valence-electron chi connectivity index (χ4n) is 2.60. The quantitative estimate of drug-likeness (QED) is 0.849. The van der Waals surface area contributed by atoms with Crippen molar-refractivity contribution < 1.29 is 9.18 Å². The van der Waals surface area contributed by atoms with Crippen LogP contribution in [0, 0.1) is 30.5 Å². The highest BCUT2D eigenvalue weighted by molar-refractivity contribution is 5.94. The summed E-state index contributed by atoms with van der Waals surface area (Å²) in [5, 5.41) is 2.97. The summed E-state index contributed by atoms with van der Waals surface area (Å²) in [5.74, 6) is 6.05. The van der Waals surface area contributed by atoms with E-state index in [4.69, 9.17) is 0 Å². The number of halogens is 1. The Labute approximate surface area is 142 Å². The van der Waals surface area contributed by atoms with Crippen molar-refractivity contribution in [3.8, 4) is 11.8 Å². The van der Waals surface area contributed by atoms with E-state index in [1.165, 1.54) is 25.3 Å². The number of hydrogen-bond donors (Lipinski definition) is 1. The lowest BCUT2D eigenvalue weighted by atomic mass is 9.85. The van der Waals surface area contributed by atoms with Crippen LogP contribution in [0.15, 0.2) is 42.5 Å². The summed E-state index contributed by atoms with van der Waals surface area (Å²) < 4.78 is 13.8. The summed E-state index contributed by atoms with van der Waals surface area (Å²) >= 11 is 0. The molecule has 0 saturated heterocycles. The van der Waals surface area contributed by atoms with E-state index in [1.807, 2.05) is 13.0 Å². The number of hydrogen-bond acceptors (Lipinski definition) is 1. The molecule has 0 spiro atoms. The number of nitrogens with one attached hydrogen (secondary N) is 1. The van der Waals surface area contributed by atoms with Crippen LogP contribution in [0.5, 0.6) is 0 Å². The maximum absolute atomic E-state index is 13.8. The van der Waals surface area contributed by atoms with E-state index in [2.05, 4.69) is 17.2 Å². The molecule has 1 fully saturated rings. The molecule has 1 amide bonds. The highest BCUT2D eigenvalue weighted by Crippen LogP contribution is 2.25. The monoisotopic (exact) mass is 321 g/mol. The standard InChI is InChI=1S/C21H20FNO/c1-15-5-9-18(20(22)13-15)10-6-16-7-11-19(12-8-16)21(24)23-14-17-3-2-4-17/h5,7-9,11-13,17H,2-4,14H2,1H3,(H,23,24). The highest BCUT2D eigenvalue weighted by Gasteiger charge is 2.18. The molecule has 0 unspecified atom stereocenters. The van der Waals surface area contributed by atoms with Gasteiger partial charge >= 0.3 is 0 Å². The van der Waals surface area contributed by atoms with Gasteiger partial charge in [-0.3, -0.25) is 4.79 Å². The molecule has 0 heterocycles. The maximum Gasteiger partial charge on any atom is 0.251 e. The molecule has 3 rings (SSSR count). The zero-order valence-corrected chi connectivity index (χ0v) is 13.7. The zero-order chi connectivity index (χ0) is 16.9. The van der Waals surface area contributed by atoms with Gasteiger partial charge in [-0.1, -0.05) is 24.3 Å². The lowest BCUT2D eigenvalue weighted by Gasteiger charge is -2.25. The number of carbonyl (C=O) groups excluding carboxylic acids is 1. The second-order valence-electron chi connectivity index (χ2n) is 6.32.